The molecule has 0 bridgehead atoms. The molecule has 6 nitrogen and oxygen atoms in total. The highest BCUT2D eigenvalue weighted by atomic mass is 32.1. The maximum Gasteiger partial charge on any atom is 0.320 e. The van der Waals surface area contributed by atoms with E-state index in [-0.39, 0.29) is 6.03 Å². The summed E-state index contributed by atoms with van der Waals surface area (Å²) in [6.07, 6.45) is 4.43. The van der Waals surface area contributed by atoms with Gasteiger partial charge in [-0.1, -0.05) is 11.3 Å². The van der Waals surface area contributed by atoms with Crippen LogP contribution in [0.3, 0.4) is 0 Å². The number of amides is 2. The summed E-state index contributed by atoms with van der Waals surface area (Å²) in [5.41, 5.74) is 1.78. The Balaban J connectivity index is 1.49. The van der Waals surface area contributed by atoms with Crippen molar-refractivity contribution in [3.8, 4) is 0 Å². The standard InChI is InChI=1S/C13H19N5OS/c19-13(16-5-1-2-6-16)18-8-4-10-11(18)3-7-17(10)12-15-14-9-20-12/h9-11H,1-8H2/t10-,11+/m1/s1. The van der Waals surface area contributed by atoms with Gasteiger partial charge in [-0.3, -0.25) is 0 Å². The summed E-state index contributed by atoms with van der Waals surface area (Å²) in [4.78, 5) is 19.1. The summed E-state index contributed by atoms with van der Waals surface area (Å²) in [7, 11) is 0. The molecule has 0 aliphatic carbocycles. The number of carbonyl (C=O) groups excluding carboxylic acids is 1. The lowest BCUT2D eigenvalue weighted by atomic mass is 10.1. The predicted molar refractivity (Wildman–Crippen MR) is 77.0 cm³/mol. The van der Waals surface area contributed by atoms with Crippen molar-refractivity contribution in [1.29, 1.82) is 0 Å². The van der Waals surface area contributed by atoms with E-state index in [1.807, 2.05) is 4.90 Å². The molecule has 0 spiro atoms. The number of urea groups is 1. The summed E-state index contributed by atoms with van der Waals surface area (Å²) < 4.78 is 0. The van der Waals surface area contributed by atoms with Crippen LogP contribution in [0.5, 0.6) is 0 Å². The van der Waals surface area contributed by atoms with Crippen LogP contribution in [0.25, 0.3) is 0 Å². The molecule has 4 rings (SSSR count). The van der Waals surface area contributed by atoms with E-state index in [1.165, 1.54) is 0 Å². The fourth-order valence-electron chi connectivity index (χ4n) is 3.84. The molecule has 7 heteroatoms. The van der Waals surface area contributed by atoms with Crippen LogP contribution in [-0.4, -0.2) is 64.3 Å². The maximum absolute atomic E-state index is 12.6. The van der Waals surface area contributed by atoms with Crippen LogP contribution in [-0.2, 0) is 0 Å². The summed E-state index contributed by atoms with van der Waals surface area (Å²) >= 11 is 1.59. The Labute approximate surface area is 122 Å². The van der Waals surface area contributed by atoms with Crippen molar-refractivity contribution < 1.29 is 4.79 Å². The van der Waals surface area contributed by atoms with Gasteiger partial charge < -0.3 is 14.7 Å². The van der Waals surface area contributed by atoms with Gasteiger partial charge >= 0.3 is 6.03 Å². The molecule has 20 heavy (non-hydrogen) atoms. The molecular formula is C13H19N5OS. The van der Waals surface area contributed by atoms with Crippen LogP contribution >= 0.6 is 11.3 Å². The second-order valence-electron chi connectivity index (χ2n) is 5.80. The number of nitrogens with zero attached hydrogens (tertiary/aromatic N) is 5. The summed E-state index contributed by atoms with van der Waals surface area (Å²) in [5, 5.41) is 9.13. The van der Waals surface area contributed by atoms with Crippen molar-refractivity contribution >= 4 is 22.5 Å². The predicted octanol–water partition coefficient (Wildman–Crippen LogP) is 1.41. The van der Waals surface area contributed by atoms with Crippen molar-refractivity contribution in [3.63, 3.8) is 0 Å². The Morgan fingerprint density at radius 1 is 1.15 bits per heavy atom. The Morgan fingerprint density at radius 2 is 1.95 bits per heavy atom. The number of aromatic nitrogens is 2. The van der Waals surface area contributed by atoms with Crippen LogP contribution in [0.4, 0.5) is 9.93 Å². The van der Waals surface area contributed by atoms with Crippen molar-refractivity contribution in [1.82, 2.24) is 20.0 Å². The molecule has 0 radical (unpaired) electrons. The van der Waals surface area contributed by atoms with E-state index in [1.54, 1.807) is 16.8 Å². The van der Waals surface area contributed by atoms with Gasteiger partial charge in [-0.15, -0.1) is 10.2 Å². The summed E-state index contributed by atoms with van der Waals surface area (Å²) in [6, 6.07) is 1.07. The molecule has 0 N–H and O–H groups in total. The van der Waals surface area contributed by atoms with E-state index in [0.717, 1.165) is 57.0 Å². The fourth-order valence-corrected chi connectivity index (χ4v) is 4.49. The second-order valence-corrected chi connectivity index (χ2v) is 6.61. The van der Waals surface area contributed by atoms with Crippen molar-refractivity contribution in [2.75, 3.05) is 31.1 Å². The molecular weight excluding hydrogens is 274 g/mol. The van der Waals surface area contributed by atoms with Gasteiger partial charge in [-0.05, 0) is 25.7 Å². The van der Waals surface area contributed by atoms with Crippen LogP contribution in [0.15, 0.2) is 5.51 Å². The summed E-state index contributed by atoms with van der Waals surface area (Å²) in [5.74, 6) is 0. The second kappa shape index (κ2) is 4.87. The molecule has 3 aliphatic heterocycles. The van der Waals surface area contributed by atoms with Crippen molar-refractivity contribution in [3.05, 3.63) is 5.51 Å². The van der Waals surface area contributed by atoms with E-state index >= 15 is 0 Å². The van der Waals surface area contributed by atoms with Gasteiger partial charge in [0, 0.05) is 26.2 Å². The van der Waals surface area contributed by atoms with Crippen LogP contribution in [0.1, 0.15) is 25.7 Å². The minimum atomic E-state index is 0.258. The highest BCUT2D eigenvalue weighted by molar-refractivity contribution is 7.13. The van der Waals surface area contributed by atoms with Gasteiger partial charge in [0.05, 0.1) is 12.1 Å². The Hall–Kier alpha value is -1.37. The Bertz CT molecular complexity index is 487. The molecule has 1 aromatic heterocycles. The first kappa shape index (κ1) is 12.4. The number of rotatable bonds is 1. The normalized spacial score (nSPS) is 29.3. The third-order valence-corrected chi connectivity index (χ3v) is 5.52. The maximum atomic E-state index is 12.6. The zero-order valence-electron chi connectivity index (χ0n) is 11.4. The molecule has 1 aromatic rings. The zero-order chi connectivity index (χ0) is 13.5. The monoisotopic (exact) mass is 293 g/mol. The number of anilines is 1. The van der Waals surface area contributed by atoms with Gasteiger partial charge in [-0.2, -0.15) is 0 Å². The molecule has 0 unspecified atom stereocenters. The number of hydrogen-bond donors (Lipinski definition) is 0. The molecule has 3 aliphatic rings. The third-order valence-electron chi connectivity index (χ3n) is 4.79. The first-order chi connectivity index (χ1) is 9.84. The lowest BCUT2D eigenvalue weighted by Crippen LogP contribution is -2.46. The van der Waals surface area contributed by atoms with Crippen LogP contribution in [0.2, 0.25) is 0 Å². The molecule has 108 valence electrons. The van der Waals surface area contributed by atoms with Crippen LogP contribution < -0.4 is 4.90 Å². The van der Waals surface area contributed by atoms with E-state index < -0.39 is 0 Å². The Morgan fingerprint density at radius 3 is 2.70 bits per heavy atom. The van der Waals surface area contributed by atoms with E-state index in [4.69, 9.17) is 0 Å². The van der Waals surface area contributed by atoms with E-state index in [2.05, 4.69) is 20.0 Å². The van der Waals surface area contributed by atoms with Gasteiger partial charge in [-0.25, -0.2) is 4.79 Å². The average molecular weight is 293 g/mol. The van der Waals surface area contributed by atoms with E-state index in [9.17, 15) is 4.79 Å². The number of hydrogen-bond acceptors (Lipinski definition) is 5. The van der Waals surface area contributed by atoms with Gasteiger partial charge in [0.2, 0.25) is 5.13 Å². The first-order valence-electron chi connectivity index (χ1n) is 7.43. The lowest BCUT2D eigenvalue weighted by molar-refractivity contribution is 0.157. The third kappa shape index (κ3) is 1.87. The SMILES string of the molecule is O=C(N1CCCC1)N1CC[C@@H]2[C@@H]1CCN2c1nncs1. The number of fused-ring (bicyclic) bond motifs is 1. The Kier molecular flexibility index (Phi) is 3.02. The minimum absolute atomic E-state index is 0.258. The number of likely N-dealkylation sites (tertiary alicyclic amines) is 2. The van der Waals surface area contributed by atoms with E-state index in [0.29, 0.717) is 12.1 Å². The quantitative estimate of drug-likeness (QED) is 0.785. The minimum Gasteiger partial charge on any atom is -0.341 e. The largest absolute Gasteiger partial charge is 0.341 e. The highest BCUT2D eigenvalue weighted by Gasteiger charge is 2.46. The molecule has 2 amide bonds. The van der Waals surface area contributed by atoms with Crippen molar-refractivity contribution in [2.24, 2.45) is 0 Å². The summed E-state index contributed by atoms with van der Waals surface area (Å²) in [6.45, 7) is 3.76. The van der Waals surface area contributed by atoms with Gasteiger partial charge in [0.1, 0.15) is 5.51 Å². The van der Waals surface area contributed by atoms with Crippen LogP contribution in [0, 0.1) is 0 Å². The molecule has 2 atom stereocenters. The molecule has 3 fully saturated rings. The molecule has 0 aromatic carbocycles. The lowest BCUT2D eigenvalue weighted by Gasteiger charge is -2.29. The van der Waals surface area contributed by atoms with Gasteiger partial charge in [0.25, 0.3) is 0 Å². The van der Waals surface area contributed by atoms with Crippen molar-refractivity contribution in [2.45, 2.75) is 37.8 Å². The molecule has 3 saturated heterocycles. The highest BCUT2D eigenvalue weighted by Crippen LogP contribution is 2.36. The molecule has 0 saturated carbocycles. The average Bonchev–Trinajstić information content (AvgIpc) is 3.21. The smallest absolute Gasteiger partial charge is 0.320 e. The first-order valence-corrected chi connectivity index (χ1v) is 8.31. The van der Waals surface area contributed by atoms with Gasteiger partial charge in [0.15, 0.2) is 0 Å². The zero-order valence-corrected chi connectivity index (χ0v) is 12.3. The topological polar surface area (TPSA) is 52.6 Å². The number of carbonyl (C=O) groups is 1. The molecule has 4 heterocycles. The fraction of sp³-hybridized carbons (Fsp3) is 0.769.